The Kier molecular flexibility index (Phi) is 5.23. The van der Waals surface area contributed by atoms with Gasteiger partial charge in [0, 0.05) is 18.5 Å². The third kappa shape index (κ3) is 3.62. The highest BCUT2D eigenvalue weighted by atomic mass is 32.1. The molecule has 3 nitrogen and oxygen atoms in total. The molecular weight excluding hydrogens is 275 g/mol. The minimum Gasteiger partial charge on any atom is -0.383 e. The van der Waals surface area contributed by atoms with E-state index in [-0.39, 0.29) is 11.9 Å². The Labute approximate surface area is 122 Å². The van der Waals surface area contributed by atoms with E-state index in [1.165, 1.54) is 17.0 Å². The molecule has 0 spiro atoms. The van der Waals surface area contributed by atoms with E-state index in [9.17, 15) is 4.39 Å². The van der Waals surface area contributed by atoms with Gasteiger partial charge in [0.1, 0.15) is 10.8 Å². The van der Waals surface area contributed by atoms with Crippen LogP contribution in [-0.4, -0.2) is 25.2 Å². The zero-order chi connectivity index (χ0) is 14.5. The van der Waals surface area contributed by atoms with Crippen molar-refractivity contribution < 1.29 is 9.13 Å². The molecule has 5 heteroatoms. The molecule has 0 aliphatic heterocycles. The zero-order valence-corrected chi connectivity index (χ0v) is 12.8. The fourth-order valence-electron chi connectivity index (χ4n) is 1.93. The average molecular weight is 294 g/mol. The van der Waals surface area contributed by atoms with Gasteiger partial charge in [0.05, 0.1) is 18.3 Å². The lowest BCUT2D eigenvalue weighted by Gasteiger charge is -2.17. The molecule has 1 atom stereocenters. The average Bonchev–Trinajstić information content (AvgIpc) is 2.76. The van der Waals surface area contributed by atoms with Crippen molar-refractivity contribution in [3.05, 3.63) is 51.2 Å². The van der Waals surface area contributed by atoms with Gasteiger partial charge in [-0.05, 0) is 31.5 Å². The van der Waals surface area contributed by atoms with E-state index in [1.807, 2.05) is 6.92 Å². The minimum absolute atomic E-state index is 0.0249. The van der Waals surface area contributed by atoms with Crippen LogP contribution in [0.2, 0.25) is 0 Å². The smallest absolute Gasteiger partial charge is 0.123 e. The van der Waals surface area contributed by atoms with Gasteiger partial charge in [-0.15, -0.1) is 11.3 Å². The number of nitrogens with zero attached hydrogens (tertiary/aromatic N) is 1. The van der Waals surface area contributed by atoms with Crippen molar-refractivity contribution in [2.45, 2.75) is 19.9 Å². The second-order valence-corrected chi connectivity index (χ2v) is 5.86. The SMILES string of the molecule is COCCNC(c1ccc(F)cc1)c1nc(C)c(C)s1. The van der Waals surface area contributed by atoms with Gasteiger partial charge in [-0.2, -0.15) is 0 Å². The number of halogens is 1. The minimum atomic E-state index is -0.226. The van der Waals surface area contributed by atoms with Crippen molar-refractivity contribution in [3.8, 4) is 0 Å². The Balaban J connectivity index is 2.26. The highest BCUT2D eigenvalue weighted by Gasteiger charge is 2.18. The number of thiazole rings is 1. The molecule has 0 fully saturated rings. The predicted octanol–water partition coefficient (Wildman–Crippen LogP) is 3.22. The number of rotatable bonds is 6. The lowest BCUT2D eigenvalue weighted by atomic mass is 10.1. The van der Waals surface area contributed by atoms with E-state index in [0.29, 0.717) is 6.61 Å². The molecule has 1 unspecified atom stereocenters. The van der Waals surface area contributed by atoms with Crippen LogP contribution in [0, 0.1) is 19.7 Å². The maximum Gasteiger partial charge on any atom is 0.123 e. The monoisotopic (exact) mass is 294 g/mol. The Bertz CT molecular complexity index is 534. The van der Waals surface area contributed by atoms with Crippen molar-refractivity contribution in [1.82, 2.24) is 10.3 Å². The van der Waals surface area contributed by atoms with Gasteiger partial charge in [0.25, 0.3) is 0 Å². The summed E-state index contributed by atoms with van der Waals surface area (Å²) < 4.78 is 18.1. The summed E-state index contributed by atoms with van der Waals surface area (Å²) in [5.74, 6) is -0.226. The van der Waals surface area contributed by atoms with Crippen LogP contribution in [-0.2, 0) is 4.74 Å². The first kappa shape index (κ1) is 15.1. The summed E-state index contributed by atoms with van der Waals surface area (Å²) in [7, 11) is 1.67. The first-order chi connectivity index (χ1) is 9.61. The summed E-state index contributed by atoms with van der Waals surface area (Å²) in [6.07, 6.45) is 0. The summed E-state index contributed by atoms with van der Waals surface area (Å²) >= 11 is 1.67. The molecule has 2 aromatic rings. The number of methoxy groups -OCH3 is 1. The van der Waals surface area contributed by atoms with E-state index in [4.69, 9.17) is 4.74 Å². The highest BCUT2D eigenvalue weighted by Crippen LogP contribution is 2.28. The lowest BCUT2D eigenvalue weighted by molar-refractivity contribution is 0.197. The number of benzene rings is 1. The van der Waals surface area contributed by atoms with Crippen LogP contribution in [0.3, 0.4) is 0 Å². The molecule has 1 N–H and O–H groups in total. The van der Waals surface area contributed by atoms with E-state index < -0.39 is 0 Å². The molecule has 0 radical (unpaired) electrons. The number of ether oxygens (including phenoxy) is 1. The van der Waals surface area contributed by atoms with Gasteiger partial charge >= 0.3 is 0 Å². The predicted molar refractivity (Wildman–Crippen MR) is 79.7 cm³/mol. The molecular formula is C15H19FN2OS. The summed E-state index contributed by atoms with van der Waals surface area (Å²) in [4.78, 5) is 5.82. The van der Waals surface area contributed by atoms with E-state index >= 15 is 0 Å². The molecule has 0 aliphatic rings. The van der Waals surface area contributed by atoms with Crippen LogP contribution in [0.15, 0.2) is 24.3 Å². The summed E-state index contributed by atoms with van der Waals surface area (Å²) in [6.45, 7) is 5.41. The molecule has 0 aliphatic carbocycles. The van der Waals surface area contributed by atoms with Gasteiger partial charge in [-0.1, -0.05) is 12.1 Å². The van der Waals surface area contributed by atoms with Crippen LogP contribution in [0.4, 0.5) is 4.39 Å². The standard InChI is InChI=1S/C15H19FN2OS/c1-10-11(2)20-15(18-10)14(17-8-9-19-3)12-4-6-13(16)7-5-12/h4-7,14,17H,8-9H2,1-3H3. The maximum atomic E-state index is 13.1. The topological polar surface area (TPSA) is 34.1 Å². The van der Waals surface area contributed by atoms with Crippen LogP contribution in [0.1, 0.15) is 27.2 Å². The number of aromatic nitrogens is 1. The van der Waals surface area contributed by atoms with Gasteiger partial charge in [0.2, 0.25) is 0 Å². The molecule has 0 saturated heterocycles. The number of hydrogen-bond acceptors (Lipinski definition) is 4. The van der Waals surface area contributed by atoms with Crippen molar-refractivity contribution in [2.24, 2.45) is 0 Å². The fourth-order valence-corrected chi connectivity index (χ4v) is 2.96. The molecule has 1 heterocycles. The quantitative estimate of drug-likeness (QED) is 0.831. The fraction of sp³-hybridized carbons (Fsp3) is 0.400. The van der Waals surface area contributed by atoms with Gasteiger partial charge in [-0.3, -0.25) is 0 Å². The van der Waals surface area contributed by atoms with Crippen molar-refractivity contribution in [2.75, 3.05) is 20.3 Å². The molecule has 108 valence electrons. The first-order valence-electron chi connectivity index (χ1n) is 6.53. The normalized spacial score (nSPS) is 12.6. The van der Waals surface area contributed by atoms with Crippen molar-refractivity contribution in [1.29, 1.82) is 0 Å². The number of aryl methyl sites for hydroxylation is 2. The van der Waals surface area contributed by atoms with E-state index in [0.717, 1.165) is 22.8 Å². The molecule has 1 aromatic heterocycles. The lowest BCUT2D eigenvalue weighted by Crippen LogP contribution is -2.26. The Hall–Kier alpha value is -1.30. The summed E-state index contributed by atoms with van der Waals surface area (Å²) in [5.41, 5.74) is 2.06. The van der Waals surface area contributed by atoms with Crippen LogP contribution >= 0.6 is 11.3 Å². The third-order valence-corrected chi connectivity index (χ3v) is 4.29. The molecule has 20 heavy (non-hydrogen) atoms. The molecule has 0 saturated carbocycles. The summed E-state index contributed by atoms with van der Waals surface area (Å²) in [5, 5.41) is 4.42. The van der Waals surface area contributed by atoms with E-state index in [1.54, 1.807) is 30.6 Å². The highest BCUT2D eigenvalue weighted by molar-refractivity contribution is 7.11. The van der Waals surface area contributed by atoms with Gasteiger partial charge in [-0.25, -0.2) is 9.37 Å². The Morgan fingerprint density at radius 3 is 2.55 bits per heavy atom. The van der Waals surface area contributed by atoms with Gasteiger partial charge < -0.3 is 10.1 Å². The maximum absolute atomic E-state index is 13.1. The Morgan fingerprint density at radius 1 is 1.30 bits per heavy atom. The molecule has 0 amide bonds. The van der Waals surface area contributed by atoms with E-state index in [2.05, 4.69) is 17.2 Å². The Morgan fingerprint density at radius 2 is 2.00 bits per heavy atom. The third-order valence-electron chi connectivity index (χ3n) is 3.15. The number of hydrogen-bond donors (Lipinski definition) is 1. The summed E-state index contributed by atoms with van der Waals surface area (Å²) in [6, 6.07) is 6.53. The molecule has 2 rings (SSSR count). The largest absolute Gasteiger partial charge is 0.383 e. The van der Waals surface area contributed by atoms with Crippen molar-refractivity contribution in [3.63, 3.8) is 0 Å². The first-order valence-corrected chi connectivity index (χ1v) is 7.35. The van der Waals surface area contributed by atoms with Gasteiger partial charge in [0.15, 0.2) is 0 Å². The van der Waals surface area contributed by atoms with Crippen LogP contribution < -0.4 is 5.32 Å². The second-order valence-electron chi connectivity index (χ2n) is 4.63. The number of nitrogens with one attached hydrogen (secondary N) is 1. The molecule has 1 aromatic carbocycles. The van der Waals surface area contributed by atoms with Crippen LogP contribution in [0.25, 0.3) is 0 Å². The molecule has 0 bridgehead atoms. The van der Waals surface area contributed by atoms with Crippen molar-refractivity contribution >= 4 is 11.3 Å². The zero-order valence-electron chi connectivity index (χ0n) is 11.9. The second kappa shape index (κ2) is 6.92. The van der Waals surface area contributed by atoms with Crippen LogP contribution in [0.5, 0.6) is 0 Å².